The fourth-order valence-corrected chi connectivity index (χ4v) is 3.16. The molecule has 0 aliphatic heterocycles. The van der Waals surface area contributed by atoms with Crippen LogP contribution in [0.1, 0.15) is 52.7 Å². The largest absolute Gasteiger partial charge is 0.504 e. The van der Waals surface area contributed by atoms with Crippen molar-refractivity contribution in [2.45, 2.75) is 39.5 Å². The number of phenols is 1. The summed E-state index contributed by atoms with van der Waals surface area (Å²) in [6.07, 6.45) is 3.00. The molecule has 0 bridgehead atoms. The molecule has 3 nitrogen and oxygen atoms in total. The van der Waals surface area contributed by atoms with Gasteiger partial charge in [0.2, 0.25) is 0 Å². The number of rotatable bonds is 0. The van der Waals surface area contributed by atoms with Crippen LogP contribution in [0.15, 0.2) is 10.7 Å². The average Bonchev–Trinajstić information content (AvgIpc) is 2.72. The summed E-state index contributed by atoms with van der Waals surface area (Å²) in [6, 6.07) is 0. The number of aryl methyl sites for hydroxylation is 2. The summed E-state index contributed by atoms with van der Waals surface area (Å²) < 4.78 is 5.41. The molecule has 0 saturated heterocycles. The van der Waals surface area contributed by atoms with Gasteiger partial charge in [0.15, 0.2) is 17.1 Å². The quantitative estimate of drug-likeness (QED) is 0.766. The average molecular weight is 244 g/mol. The first-order valence-corrected chi connectivity index (χ1v) is 6.28. The highest BCUT2D eigenvalue weighted by atomic mass is 16.3. The van der Waals surface area contributed by atoms with Gasteiger partial charge in [0.25, 0.3) is 0 Å². The molecule has 1 atom stereocenters. The minimum atomic E-state index is 0.0234. The summed E-state index contributed by atoms with van der Waals surface area (Å²) in [6.45, 7) is 6.08. The summed E-state index contributed by atoms with van der Waals surface area (Å²) in [5.74, 6) is 0.359. The molecule has 3 heteroatoms. The minimum Gasteiger partial charge on any atom is -0.504 e. The standard InChI is InChI=1S/C15H16O3/c1-7-4-5-10(16)13-11(7)9(3)12-8(2)6-18-15(12)14(13)17/h6-7,17H,4-5H2,1-3H3. The van der Waals surface area contributed by atoms with Crippen molar-refractivity contribution in [2.75, 3.05) is 0 Å². The zero-order valence-electron chi connectivity index (χ0n) is 10.8. The lowest BCUT2D eigenvalue weighted by atomic mass is 9.79. The maximum atomic E-state index is 12.1. The highest BCUT2D eigenvalue weighted by Crippen LogP contribution is 2.44. The van der Waals surface area contributed by atoms with E-state index in [1.54, 1.807) is 6.26 Å². The Hall–Kier alpha value is -1.77. The van der Waals surface area contributed by atoms with Crippen molar-refractivity contribution < 1.29 is 14.3 Å². The first-order valence-electron chi connectivity index (χ1n) is 6.28. The summed E-state index contributed by atoms with van der Waals surface area (Å²) in [5, 5.41) is 11.3. The SMILES string of the molecule is Cc1coc2c(O)c3c(c(C)c12)C(C)CCC3=O. The first-order chi connectivity index (χ1) is 8.52. The Morgan fingerprint density at radius 3 is 2.83 bits per heavy atom. The van der Waals surface area contributed by atoms with Gasteiger partial charge in [0.1, 0.15) is 0 Å². The number of ketones is 1. The molecular weight excluding hydrogens is 228 g/mol. The third-order valence-corrected chi connectivity index (χ3v) is 4.05. The number of carbonyl (C=O) groups excluding carboxylic acids is 1. The van der Waals surface area contributed by atoms with Crippen LogP contribution < -0.4 is 0 Å². The highest BCUT2D eigenvalue weighted by molar-refractivity contribution is 6.07. The molecule has 1 aliphatic carbocycles. The zero-order chi connectivity index (χ0) is 13.0. The maximum absolute atomic E-state index is 12.1. The number of hydrogen-bond donors (Lipinski definition) is 1. The van der Waals surface area contributed by atoms with Crippen LogP contribution in [0, 0.1) is 13.8 Å². The molecule has 0 radical (unpaired) electrons. The van der Waals surface area contributed by atoms with Crippen molar-refractivity contribution in [3.63, 3.8) is 0 Å². The van der Waals surface area contributed by atoms with Crippen molar-refractivity contribution in [1.82, 2.24) is 0 Å². The smallest absolute Gasteiger partial charge is 0.176 e. The molecule has 1 aliphatic rings. The molecule has 1 heterocycles. The van der Waals surface area contributed by atoms with Gasteiger partial charge in [0.05, 0.1) is 11.8 Å². The monoisotopic (exact) mass is 244 g/mol. The molecule has 2 aromatic rings. The molecule has 1 aromatic heterocycles. The number of carbonyl (C=O) groups is 1. The molecule has 0 spiro atoms. The van der Waals surface area contributed by atoms with Gasteiger partial charge in [-0.25, -0.2) is 0 Å². The van der Waals surface area contributed by atoms with Crippen LogP contribution in [0.25, 0.3) is 11.0 Å². The van der Waals surface area contributed by atoms with E-state index in [0.717, 1.165) is 28.5 Å². The van der Waals surface area contributed by atoms with Crippen LogP contribution in [-0.4, -0.2) is 10.9 Å². The third kappa shape index (κ3) is 1.27. The number of fused-ring (bicyclic) bond motifs is 2. The predicted octanol–water partition coefficient (Wildman–Crippen LogP) is 3.84. The molecule has 1 aromatic carbocycles. The number of phenolic OH excluding ortho intramolecular Hbond substituents is 1. The van der Waals surface area contributed by atoms with Gasteiger partial charge >= 0.3 is 0 Å². The van der Waals surface area contributed by atoms with Gasteiger partial charge in [-0.15, -0.1) is 0 Å². The van der Waals surface area contributed by atoms with Crippen molar-refractivity contribution >= 4 is 16.8 Å². The van der Waals surface area contributed by atoms with Crippen LogP contribution in [0.3, 0.4) is 0 Å². The molecule has 0 fully saturated rings. The van der Waals surface area contributed by atoms with E-state index in [4.69, 9.17) is 4.42 Å². The molecule has 0 saturated carbocycles. The Labute approximate surface area is 105 Å². The fourth-order valence-electron chi connectivity index (χ4n) is 3.16. The zero-order valence-corrected chi connectivity index (χ0v) is 10.8. The Bertz CT molecular complexity index is 664. The molecule has 94 valence electrons. The molecule has 1 unspecified atom stereocenters. The second-order valence-electron chi connectivity index (χ2n) is 5.25. The van der Waals surface area contributed by atoms with Gasteiger partial charge in [-0.1, -0.05) is 6.92 Å². The number of hydrogen-bond acceptors (Lipinski definition) is 3. The Balaban J connectivity index is 2.51. The Morgan fingerprint density at radius 2 is 2.11 bits per heavy atom. The minimum absolute atomic E-state index is 0.0234. The number of benzene rings is 1. The van der Waals surface area contributed by atoms with E-state index in [0.29, 0.717) is 23.5 Å². The summed E-state index contributed by atoms with van der Waals surface area (Å²) in [4.78, 5) is 12.1. The van der Waals surface area contributed by atoms with Crippen LogP contribution in [-0.2, 0) is 0 Å². The van der Waals surface area contributed by atoms with E-state index in [1.165, 1.54) is 0 Å². The van der Waals surface area contributed by atoms with Gasteiger partial charge < -0.3 is 9.52 Å². The van der Waals surface area contributed by atoms with Crippen molar-refractivity contribution in [1.29, 1.82) is 0 Å². The van der Waals surface area contributed by atoms with Gasteiger partial charge in [-0.3, -0.25) is 4.79 Å². The highest BCUT2D eigenvalue weighted by Gasteiger charge is 2.31. The van der Waals surface area contributed by atoms with Crippen LogP contribution in [0.5, 0.6) is 5.75 Å². The normalized spacial score (nSPS) is 19.3. The van der Waals surface area contributed by atoms with Crippen molar-refractivity contribution in [3.8, 4) is 5.75 Å². The molecule has 18 heavy (non-hydrogen) atoms. The van der Waals surface area contributed by atoms with E-state index in [9.17, 15) is 9.90 Å². The molecule has 3 rings (SSSR count). The Kier molecular flexibility index (Phi) is 2.27. The van der Waals surface area contributed by atoms with Gasteiger partial charge in [-0.05, 0) is 42.9 Å². The van der Waals surface area contributed by atoms with Crippen LogP contribution in [0.4, 0.5) is 0 Å². The lowest BCUT2D eigenvalue weighted by Gasteiger charge is -2.24. The van der Waals surface area contributed by atoms with Crippen LogP contribution in [0.2, 0.25) is 0 Å². The van der Waals surface area contributed by atoms with Crippen molar-refractivity contribution in [3.05, 3.63) is 28.5 Å². The number of aromatic hydroxyl groups is 1. The van der Waals surface area contributed by atoms with E-state index in [2.05, 4.69) is 6.92 Å². The molecule has 1 N–H and O–H groups in total. The second-order valence-corrected chi connectivity index (χ2v) is 5.25. The molecular formula is C15H16O3. The summed E-state index contributed by atoms with van der Waals surface area (Å²) in [7, 11) is 0. The second kappa shape index (κ2) is 3.61. The maximum Gasteiger partial charge on any atom is 0.176 e. The topological polar surface area (TPSA) is 50.4 Å². The van der Waals surface area contributed by atoms with Gasteiger partial charge in [-0.2, -0.15) is 0 Å². The fraction of sp³-hybridized carbons (Fsp3) is 0.400. The predicted molar refractivity (Wildman–Crippen MR) is 69.3 cm³/mol. The lowest BCUT2D eigenvalue weighted by molar-refractivity contribution is 0.0965. The summed E-state index contributed by atoms with van der Waals surface area (Å²) in [5.41, 5.74) is 4.01. The van der Waals surface area contributed by atoms with E-state index in [1.807, 2.05) is 13.8 Å². The van der Waals surface area contributed by atoms with E-state index in [-0.39, 0.29) is 11.5 Å². The molecule has 0 amide bonds. The number of Topliss-reactive ketones (excluding diaryl/α,β-unsaturated/α-hetero) is 1. The first kappa shape index (κ1) is 11.3. The van der Waals surface area contributed by atoms with Crippen molar-refractivity contribution in [2.24, 2.45) is 0 Å². The lowest BCUT2D eigenvalue weighted by Crippen LogP contribution is -2.16. The Morgan fingerprint density at radius 1 is 1.39 bits per heavy atom. The van der Waals surface area contributed by atoms with E-state index >= 15 is 0 Å². The summed E-state index contributed by atoms with van der Waals surface area (Å²) >= 11 is 0. The third-order valence-electron chi connectivity index (χ3n) is 4.05. The van der Waals surface area contributed by atoms with Gasteiger partial charge in [0, 0.05) is 11.8 Å². The van der Waals surface area contributed by atoms with E-state index < -0.39 is 0 Å². The number of furan rings is 1. The van der Waals surface area contributed by atoms with Crippen LogP contribution >= 0.6 is 0 Å².